The number of phenols is 1. The number of rotatable bonds is 15. The van der Waals surface area contributed by atoms with Gasteiger partial charge in [-0.1, -0.05) is 58.0 Å². The van der Waals surface area contributed by atoms with Gasteiger partial charge in [-0.3, -0.25) is 4.79 Å². The second-order valence-corrected chi connectivity index (χ2v) is 15.8. The van der Waals surface area contributed by atoms with Crippen LogP contribution in [0.1, 0.15) is 49.5 Å². The zero-order chi connectivity index (χ0) is 35.2. The first-order valence-corrected chi connectivity index (χ1v) is 18.2. The Morgan fingerprint density at radius 3 is 2.44 bits per heavy atom. The Balaban J connectivity index is 1.59. The van der Waals surface area contributed by atoms with Crippen molar-refractivity contribution in [2.45, 2.75) is 70.7 Å². The zero-order valence-electron chi connectivity index (χ0n) is 27.9. The molecule has 1 aliphatic heterocycles. The van der Waals surface area contributed by atoms with E-state index in [-0.39, 0.29) is 53.6 Å². The number of nitrogens with zero attached hydrogens (tertiary/aromatic N) is 5. The van der Waals surface area contributed by atoms with Gasteiger partial charge >= 0.3 is 6.03 Å². The maximum absolute atomic E-state index is 14.0. The minimum atomic E-state index is -4.22. The molecule has 3 atom stereocenters. The highest BCUT2D eigenvalue weighted by molar-refractivity contribution is 7.89. The van der Waals surface area contributed by atoms with Crippen LogP contribution in [-0.2, 0) is 27.8 Å². The molecule has 0 saturated carbocycles. The normalized spacial score (nSPS) is 15.6. The first kappa shape index (κ1) is 36.8. The van der Waals surface area contributed by atoms with E-state index in [2.05, 4.69) is 10.3 Å². The fourth-order valence-corrected chi connectivity index (χ4v) is 8.09. The molecule has 14 heteroatoms. The van der Waals surface area contributed by atoms with E-state index >= 15 is 0 Å². The van der Waals surface area contributed by atoms with E-state index in [1.54, 1.807) is 15.9 Å². The van der Waals surface area contributed by atoms with Crippen molar-refractivity contribution in [1.82, 2.24) is 24.4 Å². The Hall–Kier alpha value is -4.03. The number of aromatic nitrogens is 1. The maximum Gasteiger partial charge on any atom is 0.321 e. The smallest absolute Gasteiger partial charge is 0.321 e. The van der Waals surface area contributed by atoms with E-state index < -0.39 is 34.1 Å². The summed E-state index contributed by atoms with van der Waals surface area (Å²) in [7, 11) is -4.22. The lowest BCUT2D eigenvalue weighted by Crippen LogP contribution is -2.57. The summed E-state index contributed by atoms with van der Waals surface area (Å²) in [6.45, 7) is 10.1. The lowest BCUT2D eigenvalue weighted by atomic mass is 9.97. The van der Waals surface area contributed by atoms with Gasteiger partial charge in [-0.25, -0.2) is 18.2 Å². The topological polar surface area (TPSA) is 167 Å². The van der Waals surface area contributed by atoms with E-state index in [1.807, 2.05) is 70.3 Å². The number of nitriles is 1. The van der Waals surface area contributed by atoms with Crippen molar-refractivity contribution in [2.75, 3.05) is 26.2 Å². The van der Waals surface area contributed by atoms with Gasteiger partial charge in [-0.2, -0.15) is 9.57 Å². The van der Waals surface area contributed by atoms with Crippen molar-refractivity contribution in [3.63, 3.8) is 0 Å². The predicted molar refractivity (Wildman–Crippen MR) is 182 cm³/mol. The van der Waals surface area contributed by atoms with Gasteiger partial charge in [0.25, 0.3) is 0 Å². The average Bonchev–Trinajstić information content (AvgIpc) is 3.61. The number of aliphatic hydroxyl groups excluding tert-OH is 1. The van der Waals surface area contributed by atoms with E-state index in [1.165, 1.54) is 17.4 Å². The van der Waals surface area contributed by atoms with E-state index in [4.69, 9.17) is 0 Å². The van der Waals surface area contributed by atoms with E-state index in [9.17, 15) is 33.5 Å². The minimum absolute atomic E-state index is 0.0550. The maximum atomic E-state index is 14.0. The Kier molecular flexibility index (Phi) is 12.2. The number of aliphatic hydroxyl groups is 1. The number of amides is 3. The van der Waals surface area contributed by atoms with E-state index in [0.29, 0.717) is 19.6 Å². The third-order valence-electron chi connectivity index (χ3n) is 8.16. The lowest BCUT2D eigenvalue weighted by molar-refractivity contribution is -0.128. The Morgan fingerprint density at radius 1 is 1.12 bits per heavy atom. The van der Waals surface area contributed by atoms with Crippen LogP contribution < -0.4 is 5.32 Å². The molecule has 1 aliphatic rings. The highest BCUT2D eigenvalue weighted by Crippen LogP contribution is 2.25. The van der Waals surface area contributed by atoms with Crippen LogP contribution in [0.4, 0.5) is 4.79 Å². The fraction of sp³-hybridized carbons (Fsp3) is 0.471. The third kappa shape index (κ3) is 8.90. The molecule has 0 bridgehead atoms. The van der Waals surface area contributed by atoms with Gasteiger partial charge in [-0.15, -0.1) is 11.3 Å². The molecule has 2 aromatic carbocycles. The van der Waals surface area contributed by atoms with Crippen LogP contribution in [0.2, 0.25) is 0 Å². The number of urea groups is 1. The molecule has 1 aromatic heterocycles. The molecule has 12 nitrogen and oxygen atoms in total. The van der Waals surface area contributed by atoms with Crippen LogP contribution in [-0.4, -0.2) is 94.0 Å². The molecule has 0 aliphatic carbocycles. The van der Waals surface area contributed by atoms with Gasteiger partial charge in [0.05, 0.1) is 39.9 Å². The van der Waals surface area contributed by atoms with Crippen molar-refractivity contribution in [2.24, 2.45) is 11.8 Å². The number of thiazole rings is 1. The van der Waals surface area contributed by atoms with E-state index in [0.717, 1.165) is 32.7 Å². The van der Waals surface area contributed by atoms with Crippen molar-refractivity contribution < 1.29 is 28.2 Å². The molecule has 0 spiro atoms. The number of carbonyl (C=O) groups is 2. The van der Waals surface area contributed by atoms with Crippen LogP contribution in [0.15, 0.2) is 58.8 Å². The summed E-state index contributed by atoms with van der Waals surface area (Å²) >= 11 is 1.51. The standard InChI is InChI=1S/C34H44N6O6S2/c1-22(2)18-39(48(45,46)28-11-12-30(41)26(16-28)17-35)20-31(42)29(15-25-9-7-6-8-10-25)37-33(43)32(23(3)4)40-14-13-38(34(40)44)19-27-21-47-24(5)36-27/h6-12,16,21-23,29,31-32,41-42H,13-15,18-20H2,1-5H3,(H,37,43)/t29-,31+,32?/m0/s1. The second kappa shape index (κ2) is 15.9. The van der Waals surface area contributed by atoms with Crippen molar-refractivity contribution >= 4 is 33.3 Å². The molecule has 2 heterocycles. The van der Waals surface area contributed by atoms with Crippen LogP contribution in [0.3, 0.4) is 0 Å². The first-order valence-electron chi connectivity index (χ1n) is 15.9. The molecule has 3 amide bonds. The number of phenolic OH excluding ortho intramolecular Hbond substituents is 1. The average molecular weight is 697 g/mol. The number of hydrogen-bond acceptors (Lipinski definition) is 9. The number of benzene rings is 2. The van der Waals surface area contributed by atoms with Gasteiger partial charge in [-0.05, 0) is 48.9 Å². The number of sulfonamides is 1. The summed E-state index contributed by atoms with van der Waals surface area (Å²) in [5.74, 6) is -1.16. The molecule has 1 fully saturated rings. The summed E-state index contributed by atoms with van der Waals surface area (Å²) in [5.41, 5.74) is 1.42. The van der Waals surface area contributed by atoms with Crippen LogP contribution >= 0.6 is 11.3 Å². The molecule has 4 rings (SSSR count). The minimum Gasteiger partial charge on any atom is -0.507 e. The monoisotopic (exact) mass is 696 g/mol. The summed E-state index contributed by atoms with van der Waals surface area (Å²) < 4.78 is 28.8. The third-order valence-corrected chi connectivity index (χ3v) is 10.8. The van der Waals surface area contributed by atoms with Gasteiger partial charge in [0.1, 0.15) is 17.9 Å². The predicted octanol–water partition coefficient (Wildman–Crippen LogP) is 3.73. The second-order valence-electron chi connectivity index (χ2n) is 12.8. The molecule has 3 aromatic rings. The number of aromatic hydroxyl groups is 1. The number of aryl methyl sites for hydroxylation is 1. The Bertz CT molecular complexity index is 1720. The Morgan fingerprint density at radius 2 is 1.83 bits per heavy atom. The molecule has 48 heavy (non-hydrogen) atoms. The summed E-state index contributed by atoms with van der Waals surface area (Å²) in [4.78, 5) is 35.1. The number of hydrogen-bond donors (Lipinski definition) is 3. The zero-order valence-corrected chi connectivity index (χ0v) is 29.5. The van der Waals surface area contributed by atoms with Crippen molar-refractivity contribution in [3.05, 3.63) is 75.7 Å². The SMILES string of the molecule is Cc1nc(CN2CCN(C(C(=O)N[C@@H](Cc3ccccc3)[C@H](O)CN(CC(C)C)S(=O)(=O)c3ccc(O)c(C#N)c3)C(C)C)C2=O)cs1. The van der Waals surface area contributed by atoms with Crippen molar-refractivity contribution in [3.8, 4) is 11.8 Å². The fourth-order valence-electron chi connectivity index (χ4n) is 5.83. The van der Waals surface area contributed by atoms with Crippen LogP contribution in [0, 0.1) is 30.1 Å². The molecular weight excluding hydrogens is 653 g/mol. The van der Waals surface area contributed by atoms with Crippen LogP contribution in [0.5, 0.6) is 5.75 Å². The molecule has 0 radical (unpaired) electrons. The number of carbonyl (C=O) groups excluding carboxylic acids is 2. The summed E-state index contributed by atoms with van der Waals surface area (Å²) in [6.07, 6.45) is -1.14. The molecular formula is C34H44N6O6S2. The molecule has 258 valence electrons. The van der Waals surface area contributed by atoms with Crippen molar-refractivity contribution in [1.29, 1.82) is 5.26 Å². The molecule has 1 unspecified atom stereocenters. The summed E-state index contributed by atoms with van der Waals surface area (Å²) in [5, 5.41) is 36.8. The summed E-state index contributed by atoms with van der Waals surface area (Å²) in [6, 6.07) is 12.5. The van der Waals surface area contributed by atoms with Gasteiger partial charge in [0.2, 0.25) is 15.9 Å². The number of nitrogens with one attached hydrogen (secondary N) is 1. The highest BCUT2D eigenvalue weighted by Gasteiger charge is 2.40. The molecule has 3 N–H and O–H groups in total. The first-order chi connectivity index (χ1) is 22.7. The quantitative estimate of drug-likeness (QED) is 0.216. The Labute approximate surface area is 286 Å². The van der Waals surface area contributed by atoms with Gasteiger partial charge in [0, 0.05) is 31.6 Å². The highest BCUT2D eigenvalue weighted by atomic mass is 32.2. The van der Waals surface area contributed by atoms with Crippen LogP contribution in [0.25, 0.3) is 0 Å². The largest absolute Gasteiger partial charge is 0.507 e. The van der Waals surface area contributed by atoms with Gasteiger partial charge < -0.3 is 25.3 Å². The lowest BCUT2D eigenvalue weighted by Gasteiger charge is -2.34. The van der Waals surface area contributed by atoms with Gasteiger partial charge in [0.15, 0.2) is 0 Å². The molecule has 1 saturated heterocycles.